The van der Waals surface area contributed by atoms with E-state index in [1.165, 1.54) is 276 Å². The van der Waals surface area contributed by atoms with E-state index in [1.807, 2.05) is 6.08 Å². The lowest BCUT2D eigenvalue weighted by Gasteiger charge is -2.40. The lowest BCUT2D eigenvalue weighted by molar-refractivity contribution is -0.302. The normalized spacial score (nSPS) is 18.2. The van der Waals surface area contributed by atoms with E-state index in [-0.39, 0.29) is 12.5 Å². The minimum absolute atomic E-state index is 0.181. The Labute approximate surface area is 556 Å². The average molecular weight is 1260 g/mol. The van der Waals surface area contributed by atoms with Crippen LogP contribution < -0.4 is 5.32 Å². The zero-order valence-electron chi connectivity index (χ0n) is 58.9. The molecule has 1 aliphatic heterocycles. The summed E-state index contributed by atoms with van der Waals surface area (Å²) in [7, 11) is 0. The number of aliphatic hydroxyl groups is 5. The van der Waals surface area contributed by atoms with Crippen LogP contribution in [0.2, 0.25) is 0 Å². The molecule has 0 radical (unpaired) electrons. The number of unbranched alkanes of at least 4 members (excludes halogenated alkanes) is 46. The van der Waals surface area contributed by atoms with Crippen LogP contribution >= 0.6 is 0 Å². The van der Waals surface area contributed by atoms with Crippen molar-refractivity contribution in [3.63, 3.8) is 0 Å². The molecular formula is C81H147NO8. The summed E-state index contributed by atoms with van der Waals surface area (Å²) in [6, 6.07) is -0.825. The van der Waals surface area contributed by atoms with E-state index in [1.54, 1.807) is 6.08 Å². The Morgan fingerprint density at radius 3 is 1.07 bits per heavy atom. The predicted octanol–water partition coefficient (Wildman–Crippen LogP) is 22.0. The number of nitrogens with one attached hydrogen (secondary N) is 1. The Morgan fingerprint density at radius 2 is 0.700 bits per heavy atom. The minimum atomic E-state index is -1.57. The molecule has 90 heavy (non-hydrogen) atoms. The predicted molar refractivity (Wildman–Crippen MR) is 387 cm³/mol. The van der Waals surface area contributed by atoms with Crippen molar-refractivity contribution < 1.29 is 39.8 Å². The van der Waals surface area contributed by atoms with Crippen LogP contribution in [0.15, 0.2) is 85.1 Å². The van der Waals surface area contributed by atoms with E-state index in [4.69, 9.17) is 9.47 Å². The van der Waals surface area contributed by atoms with Crippen molar-refractivity contribution in [3.8, 4) is 0 Å². The summed E-state index contributed by atoms with van der Waals surface area (Å²) in [6.45, 7) is 3.70. The maximum Gasteiger partial charge on any atom is 0.220 e. The molecule has 0 spiro atoms. The second-order valence-corrected chi connectivity index (χ2v) is 26.8. The molecule has 0 aliphatic carbocycles. The average Bonchev–Trinajstić information content (AvgIpc) is 2.75. The van der Waals surface area contributed by atoms with Gasteiger partial charge in [0, 0.05) is 6.42 Å². The van der Waals surface area contributed by atoms with Crippen LogP contribution in [-0.2, 0) is 14.3 Å². The Balaban J connectivity index is 2.08. The van der Waals surface area contributed by atoms with E-state index in [0.29, 0.717) is 6.42 Å². The van der Waals surface area contributed by atoms with Gasteiger partial charge in [-0.25, -0.2) is 0 Å². The summed E-state index contributed by atoms with van der Waals surface area (Å²) in [6.07, 6.45) is 93.0. The smallest absolute Gasteiger partial charge is 0.220 e. The lowest BCUT2D eigenvalue weighted by Crippen LogP contribution is -2.60. The van der Waals surface area contributed by atoms with Crippen LogP contribution in [0.3, 0.4) is 0 Å². The molecule has 0 bridgehead atoms. The molecule has 9 heteroatoms. The first kappa shape index (κ1) is 85.4. The third-order valence-electron chi connectivity index (χ3n) is 18.2. The molecule has 524 valence electrons. The summed E-state index contributed by atoms with van der Waals surface area (Å²) in [4.78, 5) is 13.2. The van der Waals surface area contributed by atoms with Crippen LogP contribution in [0, 0.1) is 0 Å². The number of ether oxygens (including phenoxy) is 2. The summed E-state index contributed by atoms with van der Waals surface area (Å²) in [5.74, 6) is -0.181. The molecule has 6 N–H and O–H groups in total. The van der Waals surface area contributed by atoms with Crippen molar-refractivity contribution in [2.45, 2.75) is 410 Å². The molecule has 1 rings (SSSR count). The van der Waals surface area contributed by atoms with Gasteiger partial charge in [0.1, 0.15) is 24.4 Å². The van der Waals surface area contributed by atoms with Crippen LogP contribution in [0.5, 0.6) is 0 Å². The molecule has 9 nitrogen and oxygen atoms in total. The van der Waals surface area contributed by atoms with Gasteiger partial charge in [-0.05, 0) is 77.0 Å². The number of hydrogen-bond donors (Lipinski definition) is 6. The van der Waals surface area contributed by atoms with Crippen molar-refractivity contribution in [2.75, 3.05) is 13.2 Å². The Morgan fingerprint density at radius 1 is 0.389 bits per heavy atom. The molecule has 1 aliphatic rings. The molecule has 7 unspecified atom stereocenters. The van der Waals surface area contributed by atoms with Gasteiger partial charge in [0.2, 0.25) is 5.91 Å². The van der Waals surface area contributed by atoms with Gasteiger partial charge in [0.25, 0.3) is 0 Å². The van der Waals surface area contributed by atoms with Crippen LogP contribution in [0.25, 0.3) is 0 Å². The monoisotopic (exact) mass is 1260 g/mol. The van der Waals surface area contributed by atoms with Crippen molar-refractivity contribution in [3.05, 3.63) is 85.1 Å². The van der Waals surface area contributed by atoms with Crippen LogP contribution in [0.1, 0.15) is 367 Å². The molecule has 1 saturated heterocycles. The molecule has 1 heterocycles. The molecule has 7 atom stereocenters. The third kappa shape index (κ3) is 56.9. The van der Waals surface area contributed by atoms with E-state index in [2.05, 4.69) is 92.1 Å². The first-order valence-electron chi connectivity index (χ1n) is 38.8. The number of aliphatic hydroxyl groups excluding tert-OH is 5. The highest BCUT2D eigenvalue weighted by Gasteiger charge is 2.44. The van der Waals surface area contributed by atoms with Gasteiger partial charge < -0.3 is 40.3 Å². The van der Waals surface area contributed by atoms with Gasteiger partial charge in [0.15, 0.2) is 6.29 Å². The van der Waals surface area contributed by atoms with E-state index >= 15 is 0 Å². The summed E-state index contributed by atoms with van der Waals surface area (Å²) in [5.41, 5.74) is 0. The standard InChI is InChI=1S/C81H147NO8/c1-3-5-7-9-11-13-15-17-19-21-23-25-27-29-31-33-34-35-36-37-38-39-40-41-42-43-45-47-49-51-53-55-57-59-61-63-65-67-69-71-77(85)82-74(73-89-81-80(88)79(87)78(86)76(72-83)90-81)75(84)70-68-66-64-62-60-58-56-54-52-50-48-46-44-32-30-28-26-24-22-20-18-16-14-12-10-8-6-4-2/h5,7,11,13,17,19,23,25,29,31,60,62,68,70,74-76,78-81,83-84,86-88H,3-4,6,8-10,12,14-16,18,20-22,24,26-28,30,32-59,61,63-67,69,71-73H2,1-2H3,(H,82,85)/b7-5-,13-11-,19-17-,25-23-,31-29-,62-60+,70-68+. The highest BCUT2D eigenvalue weighted by atomic mass is 16.7. The maximum atomic E-state index is 13.2. The summed E-state index contributed by atoms with van der Waals surface area (Å²) < 4.78 is 11.3. The van der Waals surface area contributed by atoms with Crippen molar-refractivity contribution in [1.82, 2.24) is 5.32 Å². The van der Waals surface area contributed by atoms with Crippen molar-refractivity contribution in [2.24, 2.45) is 0 Å². The van der Waals surface area contributed by atoms with Gasteiger partial charge in [0.05, 0.1) is 25.4 Å². The highest BCUT2D eigenvalue weighted by molar-refractivity contribution is 5.76. The zero-order valence-corrected chi connectivity index (χ0v) is 58.9. The van der Waals surface area contributed by atoms with Gasteiger partial charge in [-0.2, -0.15) is 0 Å². The number of hydrogen-bond acceptors (Lipinski definition) is 8. The first-order chi connectivity index (χ1) is 44.3. The molecule has 0 aromatic rings. The Bertz CT molecular complexity index is 1700. The molecule has 1 fully saturated rings. The van der Waals surface area contributed by atoms with Crippen molar-refractivity contribution >= 4 is 5.91 Å². The van der Waals surface area contributed by atoms with Crippen LogP contribution in [0.4, 0.5) is 0 Å². The lowest BCUT2D eigenvalue weighted by atomic mass is 9.99. The highest BCUT2D eigenvalue weighted by Crippen LogP contribution is 2.24. The topological polar surface area (TPSA) is 149 Å². The molecule has 1 amide bonds. The van der Waals surface area contributed by atoms with E-state index < -0.39 is 49.5 Å². The fourth-order valence-corrected chi connectivity index (χ4v) is 12.2. The number of allylic oxidation sites excluding steroid dienone is 13. The fourth-order valence-electron chi connectivity index (χ4n) is 12.2. The van der Waals surface area contributed by atoms with Crippen LogP contribution in [-0.4, -0.2) is 87.5 Å². The molecule has 0 aromatic carbocycles. The second kappa shape index (κ2) is 69.2. The maximum absolute atomic E-state index is 13.2. The molecular weight excluding hydrogens is 1110 g/mol. The molecule has 0 saturated carbocycles. The quantitative estimate of drug-likeness (QED) is 0.0261. The largest absolute Gasteiger partial charge is 0.394 e. The molecule has 0 aromatic heterocycles. The second-order valence-electron chi connectivity index (χ2n) is 26.8. The zero-order chi connectivity index (χ0) is 64.9. The Hall–Kier alpha value is -2.63. The SMILES string of the molecule is CC/C=C\C/C=C\C/C=C\C/C=C\C/C=C\CCCCCCCCCCCCCCCCCCCCCCCCCC(=O)NC(COC1OC(CO)C(O)C(O)C1O)C(O)/C=C/CC/C=C/CCCCCCCCCCCCCCCCCCCCCCCC. The fraction of sp³-hybridized carbons (Fsp3) is 0.815. The van der Waals surface area contributed by atoms with E-state index in [0.717, 1.165) is 70.6 Å². The van der Waals surface area contributed by atoms with Gasteiger partial charge >= 0.3 is 0 Å². The summed E-state index contributed by atoms with van der Waals surface area (Å²) >= 11 is 0. The number of carbonyl (C=O) groups excluding carboxylic acids is 1. The number of amides is 1. The third-order valence-corrected chi connectivity index (χ3v) is 18.2. The summed E-state index contributed by atoms with van der Waals surface area (Å²) in [5, 5.41) is 54.8. The van der Waals surface area contributed by atoms with Gasteiger partial charge in [-0.1, -0.05) is 369 Å². The number of carbonyl (C=O) groups is 1. The van der Waals surface area contributed by atoms with E-state index in [9.17, 15) is 30.3 Å². The van der Waals surface area contributed by atoms with Gasteiger partial charge in [-0.15, -0.1) is 0 Å². The first-order valence-corrected chi connectivity index (χ1v) is 38.8. The van der Waals surface area contributed by atoms with Crippen molar-refractivity contribution in [1.29, 1.82) is 0 Å². The Kier molecular flexibility index (Phi) is 65.7. The number of rotatable bonds is 68. The van der Waals surface area contributed by atoms with Gasteiger partial charge in [-0.3, -0.25) is 4.79 Å². The minimum Gasteiger partial charge on any atom is -0.394 e.